The lowest BCUT2D eigenvalue weighted by molar-refractivity contribution is -0.135. The van der Waals surface area contributed by atoms with Crippen LogP contribution in [0.3, 0.4) is 0 Å². The van der Waals surface area contributed by atoms with E-state index in [1.54, 1.807) is 12.1 Å². The van der Waals surface area contributed by atoms with Crippen LogP contribution in [0.25, 0.3) is 5.69 Å². The molecule has 1 fully saturated rings. The maximum Gasteiger partial charge on any atom is 0.223 e. The quantitative estimate of drug-likeness (QED) is 0.575. The molecule has 2 heterocycles. The molecule has 0 saturated carbocycles. The average molecular weight is 372 g/mol. The maximum absolute atomic E-state index is 12.6. The Hall–Kier alpha value is -2.39. The lowest BCUT2D eigenvalue weighted by atomic mass is 10.0. The fourth-order valence-electron chi connectivity index (χ4n) is 3.21. The fraction of sp³-hybridized carbons (Fsp3) is 0.474. The predicted molar refractivity (Wildman–Crippen MR) is 99.8 cm³/mol. The van der Waals surface area contributed by atoms with Gasteiger partial charge < -0.3 is 4.90 Å². The van der Waals surface area contributed by atoms with Crippen molar-refractivity contribution in [3.8, 4) is 18.0 Å². The molecule has 1 saturated heterocycles. The second-order valence-electron chi connectivity index (χ2n) is 6.43. The number of benzene rings is 1. The highest BCUT2D eigenvalue weighted by Crippen LogP contribution is 2.29. The van der Waals surface area contributed by atoms with E-state index in [1.165, 1.54) is 4.80 Å². The molecule has 136 valence electrons. The molecule has 1 aromatic heterocycles. The number of unbranched alkanes of at least 4 members (excludes halogenated alkanes) is 2. The number of aromatic nitrogens is 4. The van der Waals surface area contributed by atoms with Gasteiger partial charge in [0.05, 0.1) is 11.7 Å². The van der Waals surface area contributed by atoms with Crippen molar-refractivity contribution in [1.29, 1.82) is 0 Å². The van der Waals surface area contributed by atoms with Gasteiger partial charge in [-0.15, -0.1) is 27.3 Å². The van der Waals surface area contributed by atoms with Crippen LogP contribution in [-0.4, -0.2) is 37.6 Å². The van der Waals surface area contributed by atoms with E-state index in [4.69, 9.17) is 18.0 Å². The monoisotopic (exact) mass is 371 g/mol. The molecular formula is C19H22ClN5O. The molecule has 0 bridgehead atoms. The number of carbonyl (C=O) groups is 1. The molecule has 1 aliphatic rings. The second-order valence-corrected chi connectivity index (χ2v) is 6.86. The number of nitrogens with zero attached hydrogens (tertiary/aromatic N) is 5. The zero-order valence-corrected chi connectivity index (χ0v) is 15.4. The highest BCUT2D eigenvalue weighted by atomic mass is 35.5. The van der Waals surface area contributed by atoms with E-state index >= 15 is 0 Å². The smallest absolute Gasteiger partial charge is 0.223 e. The molecule has 1 amide bonds. The van der Waals surface area contributed by atoms with Crippen molar-refractivity contribution in [2.24, 2.45) is 0 Å². The summed E-state index contributed by atoms with van der Waals surface area (Å²) in [6, 6.07) is 7.17. The van der Waals surface area contributed by atoms with Gasteiger partial charge in [0, 0.05) is 24.4 Å². The molecule has 1 atom stereocenters. The Morgan fingerprint density at radius 2 is 2.23 bits per heavy atom. The summed E-state index contributed by atoms with van der Waals surface area (Å²) in [6.45, 7) is 0.740. The largest absolute Gasteiger partial charge is 0.332 e. The van der Waals surface area contributed by atoms with Gasteiger partial charge in [0.2, 0.25) is 5.91 Å². The zero-order valence-electron chi connectivity index (χ0n) is 14.6. The first-order chi connectivity index (χ1) is 12.7. The Morgan fingerprint density at radius 1 is 1.35 bits per heavy atom. The number of piperidine rings is 1. The van der Waals surface area contributed by atoms with Gasteiger partial charge in [0.25, 0.3) is 0 Å². The molecule has 0 N–H and O–H groups in total. The van der Waals surface area contributed by atoms with Crippen molar-refractivity contribution in [2.75, 3.05) is 6.54 Å². The standard InChI is InChI=1S/C19H22ClN5O/c1-2-3-4-5-12-18(26)24-13-7-6-11-17(24)19-21-23-25(22-19)16-10-8-9-15(20)14-16/h1,8-10,14,17H,3-7,11-13H2. The van der Waals surface area contributed by atoms with E-state index in [-0.39, 0.29) is 11.9 Å². The van der Waals surface area contributed by atoms with Gasteiger partial charge in [-0.1, -0.05) is 17.7 Å². The van der Waals surface area contributed by atoms with Crippen LogP contribution in [-0.2, 0) is 4.79 Å². The third kappa shape index (κ3) is 4.41. The minimum Gasteiger partial charge on any atom is -0.332 e. The van der Waals surface area contributed by atoms with Crippen molar-refractivity contribution in [3.05, 3.63) is 35.1 Å². The van der Waals surface area contributed by atoms with Crippen molar-refractivity contribution in [2.45, 2.75) is 51.0 Å². The number of halogens is 1. The van der Waals surface area contributed by atoms with E-state index in [2.05, 4.69) is 21.3 Å². The first-order valence-electron chi connectivity index (χ1n) is 8.98. The molecule has 7 heteroatoms. The number of rotatable bonds is 6. The summed E-state index contributed by atoms with van der Waals surface area (Å²) < 4.78 is 0. The number of amides is 1. The Bertz CT molecular complexity index is 797. The first-order valence-corrected chi connectivity index (χ1v) is 9.35. The topological polar surface area (TPSA) is 63.9 Å². The fourth-order valence-corrected chi connectivity index (χ4v) is 3.40. The average Bonchev–Trinajstić information content (AvgIpc) is 3.15. The van der Waals surface area contributed by atoms with E-state index in [1.807, 2.05) is 17.0 Å². The summed E-state index contributed by atoms with van der Waals surface area (Å²) in [5.74, 6) is 3.34. The van der Waals surface area contributed by atoms with Crippen molar-refractivity contribution in [3.63, 3.8) is 0 Å². The summed E-state index contributed by atoms with van der Waals surface area (Å²) in [6.07, 6.45) is 11.1. The van der Waals surface area contributed by atoms with Crippen molar-refractivity contribution >= 4 is 17.5 Å². The van der Waals surface area contributed by atoms with Crippen LogP contribution in [0.15, 0.2) is 24.3 Å². The van der Waals surface area contributed by atoms with Crippen LogP contribution in [0.4, 0.5) is 0 Å². The van der Waals surface area contributed by atoms with Crippen LogP contribution in [0, 0.1) is 12.3 Å². The van der Waals surface area contributed by atoms with Gasteiger partial charge in [-0.25, -0.2) is 0 Å². The molecule has 3 rings (SSSR count). The lowest BCUT2D eigenvalue weighted by Crippen LogP contribution is -2.39. The normalized spacial score (nSPS) is 17.1. The maximum atomic E-state index is 12.6. The van der Waals surface area contributed by atoms with E-state index < -0.39 is 0 Å². The van der Waals surface area contributed by atoms with Gasteiger partial charge in [0.15, 0.2) is 5.82 Å². The van der Waals surface area contributed by atoms with Crippen LogP contribution in [0.1, 0.15) is 56.8 Å². The first kappa shape index (κ1) is 18.4. The third-order valence-electron chi connectivity index (χ3n) is 4.55. The SMILES string of the molecule is C#CCCCCC(=O)N1CCCCC1c1nnn(-c2cccc(Cl)c2)n1. The summed E-state index contributed by atoms with van der Waals surface area (Å²) in [5, 5.41) is 13.5. The molecular weight excluding hydrogens is 350 g/mol. The van der Waals surface area contributed by atoms with E-state index in [0.717, 1.165) is 44.3 Å². The minimum absolute atomic E-state index is 0.114. The van der Waals surface area contributed by atoms with Gasteiger partial charge in [-0.2, -0.15) is 0 Å². The highest BCUT2D eigenvalue weighted by Gasteiger charge is 2.30. The Kier molecular flexibility index (Phi) is 6.24. The summed E-state index contributed by atoms with van der Waals surface area (Å²) in [4.78, 5) is 16.0. The van der Waals surface area contributed by atoms with Gasteiger partial charge >= 0.3 is 0 Å². The summed E-state index contributed by atoms with van der Waals surface area (Å²) in [7, 11) is 0. The van der Waals surface area contributed by atoms with Crippen LogP contribution >= 0.6 is 11.6 Å². The van der Waals surface area contributed by atoms with Gasteiger partial charge in [-0.3, -0.25) is 4.79 Å². The zero-order chi connectivity index (χ0) is 18.4. The van der Waals surface area contributed by atoms with Gasteiger partial charge in [-0.05, 0) is 55.5 Å². The molecule has 1 aliphatic heterocycles. The second kappa shape index (κ2) is 8.81. The molecule has 0 radical (unpaired) electrons. The number of carbonyl (C=O) groups excluding carboxylic acids is 1. The summed E-state index contributed by atoms with van der Waals surface area (Å²) >= 11 is 6.03. The number of hydrogen-bond donors (Lipinski definition) is 0. The van der Waals surface area contributed by atoms with E-state index in [0.29, 0.717) is 23.7 Å². The molecule has 26 heavy (non-hydrogen) atoms. The number of terminal acetylenes is 1. The molecule has 0 spiro atoms. The number of tetrazole rings is 1. The Labute approximate surface area is 158 Å². The summed E-state index contributed by atoms with van der Waals surface area (Å²) in [5.41, 5.74) is 0.749. The van der Waals surface area contributed by atoms with Crippen LogP contribution < -0.4 is 0 Å². The predicted octanol–water partition coefficient (Wildman–Crippen LogP) is 3.56. The number of hydrogen-bond acceptors (Lipinski definition) is 4. The van der Waals surface area contributed by atoms with E-state index in [9.17, 15) is 4.79 Å². The third-order valence-corrected chi connectivity index (χ3v) is 4.79. The Morgan fingerprint density at radius 3 is 3.04 bits per heavy atom. The van der Waals surface area contributed by atoms with Crippen LogP contribution in [0.2, 0.25) is 5.02 Å². The molecule has 6 nitrogen and oxygen atoms in total. The minimum atomic E-state index is -0.114. The molecule has 1 unspecified atom stereocenters. The lowest BCUT2D eigenvalue weighted by Gasteiger charge is -2.33. The van der Waals surface area contributed by atoms with Crippen molar-refractivity contribution < 1.29 is 4.79 Å². The van der Waals surface area contributed by atoms with Gasteiger partial charge in [0.1, 0.15) is 0 Å². The molecule has 2 aromatic rings. The molecule has 1 aromatic carbocycles. The number of likely N-dealkylation sites (tertiary alicyclic amines) is 1. The highest BCUT2D eigenvalue weighted by molar-refractivity contribution is 6.30. The Balaban J connectivity index is 1.72. The van der Waals surface area contributed by atoms with Crippen molar-refractivity contribution in [1.82, 2.24) is 25.1 Å². The molecule has 0 aliphatic carbocycles. The van der Waals surface area contributed by atoms with Crippen LogP contribution in [0.5, 0.6) is 0 Å².